The van der Waals surface area contributed by atoms with Gasteiger partial charge in [-0.3, -0.25) is 9.89 Å². The third-order valence-electron chi connectivity index (χ3n) is 2.39. The second-order valence-electron chi connectivity index (χ2n) is 3.82. The van der Waals surface area contributed by atoms with Gasteiger partial charge in [0.15, 0.2) is 11.5 Å². The topological polar surface area (TPSA) is 83.8 Å². The second-order valence-corrected chi connectivity index (χ2v) is 3.82. The molecule has 0 aliphatic rings. The van der Waals surface area contributed by atoms with E-state index in [-0.39, 0.29) is 5.69 Å². The van der Waals surface area contributed by atoms with E-state index in [1.165, 1.54) is 0 Å². The summed E-state index contributed by atoms with van der Waals surface area (Å²) in [7, 11) is 0. The Morgan fingerprint density at radius 2 is 2.11 bits per heavy atom. The Balaban J connectivity index is 2.19. The molecule has 0 unspecified atom stereocenters. The highest BCUT2D eigenvalue weighted by molar-refractivity contribution is 6.03. The highest BCUT2D eigenvalue weighted by Crippen LogP contribution is 2.28. The molecule has 0 radical (unpaired) electrons. The summed E-state index contributed by atoms with van der Waals surface area (Å²) >= 11 is 0. The first kappa shape index (κ1) is 13.1. The molecule has 102 valence electrons. The molecule has 0 spiro atoms. The van der Waals surface area contributed by atoms with E-state index in [0.29, 0.717) is 23.2 Å². The van der Waals surface area contributed by atoms with E-state index in [9.17, 15) is 18.0 Å². The molecular formula is C10H9F3N4O2. The van der Waals surface area contributed by atoms with Crippen LogP contribution >= 0.6 is 0 Å². The summed E-state index contributed by atoms with van der Waals surface area (Å²) in [6.45, 7) is 3.17. The van der Waals surface area contributed by atoms with Gasteiger partial charge in [-0.2, -0.15) is 18.3 Å². The minimum Gasteiger partial charge on any atom is -0.359 e. The minimum absolute atomic E-state index is 0.321. The van der Waals surface area contributed by atoms with Crippen molar-refractivity contribution in [3.63, 3.8) is 0 Å². The van der Waals surface area contributed by atoms with Crippen LogP contribution in [-0.4, -0.2) is 21.3 Å². The van der Waals surface area contributed by atoms with Crippen LogP contribution < -0.4 is 5.32 Å². The summed E-state index contributed by atoms with van der Waals surface area (Å²) in [4.78, 5) is 11.7. The van der Waals surface area contributed by atoms with Crippen molar-refractivity contribution >= 4 is 11.6 Å². The van der Waals surface area contributed by atoms with Crippen LogP contribution in [0.15, 0.2) is 10.6 Å². The normalized spacial score (nSPS) is 11.6. The van der Waals surface area contributed by atoms with E-state index in [1.54, 1.807) is 18.9 Å². The van der Waals surface area contributed by atoms with Gasteiger partial charge in [0, 0.05) is 6.07 Å². The third kappa shape index (κ3) is 2.59. The Morgan fingerprint density at radius 1 is 1.42 bits per heavy atom. The van der Waals surface area contributed by atoms with E-state index >= 15 is 0 Å². The number of aryl methyl sites for hydroxylation is 2. The Morgan fingerprint density at radius 3 is 2.58 bits per heavy atom. The van der Waals surface area contributed by atoms with Gasteiger partial charge >= 0.3 is 6.18 Å². The lowest BCUT2D eigenvalue weighted by molar-refractivity contribution is -0.141. The zero-order valence-electron chi connectivity index (χ0n) is 9.92. The first-order chi connectivity index (χ1) is 8.79. The van der Waals surface area contributed by atoms with E-state index in [0.717, 1.165) is 0 Å². The molecule has 2 heterocycles. The molecule has 6 nitrogen and oxygen atoms in total. The van der Waals surface area contributed by atoms with Crippen molar-refractivity contribution in [3.05, 3.63) is 28.9 Å². The van der Waals surface area contributed by atoms with Crippen LogP contribution in [-0.2, 0) is 6.18 Å². The van der Waals surface area contributed by atoms with Gasteiger partial charge in [0.2, 0.25) is 0 Å². The van der Waals surface area contributed by atoms with Gasteiger partial charge in [-0.15, -0.1) is 0 Å². The van der Waals surface area contributed by atoms with E-state index in [1.807, 2.05) is 0 Å². The molecule has 9 heteroatoms. The SMILES string of the molecule is Cc1noc(C)c1NC(=O)c1cc(C(F)(F)F)[nH]n1. The molecule has 0 saturated carbocycles. The van der Waals surface area contributed by atoms with Crippen LogP contribution in [0.2, 0.25) is 0 Å². The van der Waals surface area contributed by atoms with Gasteiger partial charge in [0.1, 0.15) is 17.1 Å². The number of aromatic nitrogens is 3. The zero-order valence-corrected chi connectivity index (χ0v) is 9.92. The molecule has 1 amide bonds. The van der Waals surface area contributed by atoms with Crippen LogP contribution in [0.5, 0.6) is 0 Å². The molecule has 0 bridgehead atoms. The van der Waals surface area contributed by atoms with Crippen LogP contribution in [0.1, 0.15) is 27.6 Å². The molecule has 0 aromatic carbocycles. The predicted molar refractivity (Wildman–Crippen MR) is 57.5 cm³/mol. The maximum absolute atomic E-state index is 12.3. The summed E-state index contributed by atoms with van der Waals surface area (Å²) in [5.74, 6) is -0.418. The molecule has 0 saturated heterocycles. The van der Waals surface area contributed by atoms with Crippen LogP contribution in [0, 0.1) is 13.8 Å². The number of anilines is 1. The van der Waals surface area contributed by atoms with Crippen molar-refractivity contribution in [2.24, 2.45) is 0 Å². The first-order valence-electron chi connectivity index (χ1n) is 5.16. The quantitative estimate of drug-likeness (QED) is 0.880. The van der Waals surface area contributed by atoms with Crippen molar-refractivity contribution in [2.45, 2.75) is 20.0 Å². The Labute approximate surface area is 105 Å². The number of nitrogens with zero attached hydrogens (tertiary/aromatic N) is 2. The monoisotopic (exact) mass is 274 g/mol. The predicted octanol–water partition coefficient (Wildman–Crippen LogP) is 2.29. The lowest BCUT2D eigenvalue weighted by Crippen LogP contribution is -2.13. The van der Waals surface area contributed by atoms with Gasteiger partial charge in [-0.1, -0.05) is 5.16 Å². The summed E-state index contributed by atoms with van der Waals surface area (Å²) in [5.41, 5.74) is -0.706. The number of halogens is 3. The summed E-state index contributed by atoms with van der Waals surface area (Å²) in [6, 6.07) is 0.632. The average molecular weight is 274 g/mol. The summed E-state index contributed by atoms with van der Waals surface area (Å²) in [6.07, 6.45) is -4.57. The fraction of sp³-hybridized carbons (Fsp3) is 0.300. The largest absolute Gasteiger partial charge is 0.432 e. The van der Waals surface area contributed by atoms with Gasteiger partial charge in [-0.05, 0) is 13.8 Å². The van der Waals surface area contributed by atoms with Gasteiger partial charge in [0.25, 0.3) is 5.91 Å². The third-order valence-corrected chi connectivity index (χ3v) is 2.39. The number of alkyl halides is 3. The van der Waals surface area contributed by atoms with Crippen molar-refractivity contribution in [3.8, 4) is 0 Å². The Kier molecular flexibility index (Phi) is 3.05. The molecule has 2 rings (SSSR count). The van der Waals surface area contributed by atoms with Crippen molar-refractivity contribution in [2.75, 3.05) is 5.32 Å². The lowest BCUT2D eigenvalue weighted by Gasteiger charge is -2.01. The molecule has 19 heavy (non-hydrogen) atoms. The highest BCUT2D eigenvalue weighted by Gasteiger charge is 2.33. The first-order valence-corrected chi connectivity index (χ1v) is 5.16. The molecule has 0 atom stereocenters. The summed E-state index contributed by atoms with van der Waals surface area (Å²) in [5, 5.41) is 11.1. The minimum atomic E-state index is -4.57. The smallest absolute Gasteiger partial charge is 0.359 e. The number of nitrogens with one attached hydrogen (secondary N) is 2. The number of aromatic amines is 1. The maximum atomic E-state index is 12.3. The number of carbonyl (C=O) groups excluding carboxylic acids is 1. The molecule has 0 aliphatic carbocycles. The molecular weight excluding hydrogens is 265 g/mol. The number of amides is 1. The molecule has 0 fully saturated rings. The zero-order chi connectivity index (χ0) is 14.2. The second kappa shape index (κ2) is 4.41. The number of H-pyrrole nitrogens is 1. The van der Waals surface area contributed by atoms with Gasteiger partial charge in [0.05, 0.1) is 0 Å². The Hall–Kier alpha value is -2.32. The lowest BCUT2D eigenvalue weighted by atomic mass is 10.3. The number of hydrogen-bond donors (Lipinski definition) is 2. The van der Waals surface area contributed by atoms with Crippen molar-refractivity contribution in [1.82, 2.24) is 15.4 Å². The molecule has 2 aromatic rings. The average Bonchev–Trinajstić information content (AvgIpc) is 2.90. The molecule has 2 N–H and O–H groups in total. The number of carbonyl (C=O) groups is 1. The standard InChI is InChI=1S/C10H9F3N4O2/c1-4-8(5(2)19-17-4)14-9(18)6-3-7(16-15-6)10(11,12)13/h3H,1-2H3,(H,14,18)(H,15,16). The van der Waals surface area contributed by atoms with E-state index < -0.39 is 17.8 Å². The number of hydrogen-bond acceptors (Lipinski definition) is 4. The van der Waals surface area contributed by atoms with Crippen molar-refractivity contribution in [1.29, 1.82) is 0 Å². The number of rotatable bonds is 2. The maximum Gasteiger partial charge on any atom is 0.432 e. The fourth-order valence-electron chi connectivity index (χ4n) is 1.42. The molecule has 2 aromatic heterocycles. The van der Waals surface area contributed by atoms with Gasteiger partial charge < -0.3 is 9.84 Å². The van der Waals surface area contributed by atoms with E-state index in [2.05, 4.69) is 15.6 Å². The highest BCUT2D eigenvalue weighted by atomic mass is 19.4. The fourth-order valence-corrected chi connectivity index (χ4v) is 1.42. The van der Waals surface area contributed by atoms with Crippen LogP contribution in [0.3, 0.4) is 0 Å². The van der Waals surface area contributed by atoms with E-state index in [4.69, 9.17) is 4.52 Å². The van der Waals surface area contributed by atoms with Crippen LogP contribution in [0.25, 0.3) is 0 Å². The van der Waals surface area contributed by atoms with Crippen LogP contribution in [0.4, 0.5) is 18.9 Å². The van der Waals surface area contributed by atoms with Crippen molar-refractivity contribution < 1.29 is 22.5 Å². The van der Waals surface area contributed by atoms with Gasteiger partial charge in [-0.25, -0.2) is 0 Å². The molecule has 0 aliphatic heterocycles. The summed E-state index contributed by atoms with van der Waals surface area (Å²) < 4.78 is 41.8. The Bertz CT molecular complexity index is 595.